The maximum absolute atomic E-state index is 10.6. The molecule has 0 bridgehead atoms. The maximum Gasteiger partial charge on any atom is 0.333 e. The summed E-state index contributed by atoms with van der Waals surface area (Å²) in [7, 11) is 1.51. The highest BCUT2D eigenvalue weighted by Crippen LogP contribution is 2.27. The normalized spacial score (nSPS) is 27.1. The molecule has 70 valence electrons. The number of carbonyl (C=O) groups is 1. The van der Waals surface area contributed by atoms with Crippen LogP contribution in [0, 0.1) is 0 Å². The number of cyclic esters (lactones) is 1. The van der Waals surface area contributed by atoms with E-state index >= 15 is 0 Å². The van der Waals surface area contributed by atoms with E-state index in [1.54, 1.807) is 13.8 Å². The molecular formula is C9H16O3. The van der Waals surface area contributed by atoms with Crippen LogP contribution in [0.3, 0.4) is 0 Å². The molecule has 0 aromatic rings. The van der Waals surface area contributed by atoms with Gasteiger partial charge in [-0.2, -0.15) is 0 Å². The van der Waals surface area contributed by atoms with Gasteiger partial charge in [-0.3, -0.25) is 0 Å². The van der Waals surface area contributed by atoms with Gasteiger partial charge in [0.2, 0.25) is 5.79 Å². The minimum Gasteiger partial charge on any atom is -0.426 e. The standard InChI is InChI=1S/C7H10O3.C2H6/c1-5-4-6(8)10-7(5,2)9-3;1-2/h4H,1-3H3;1-2H3. The number of hydrogen-bond acceptors (Lipinski definition) is 3. The first-order chi connectivity index (χ1) is 5.58. The molecule has 0 N–H and O–H groups in total. The summed E-state index contributed by atoms with van der Waals surface area (Å²) in [6, 6.07) is 0. The molecule has 0 aromatic carbocycles. The summed E-state index contributed by atoms with van der Waals surface area (Å²) in [5, 5.41) is 0. The van der Waals surface area contributed by atoms with E-state index in [4.69, 9.17) is 9.47 Å². The van der Waals surface area contributed by atoms with Gasteiger partial charge in [0.1, 0.15) is 0 Å². The van der Waals surface area contributed by atoms with Gasteiger partial charge in [-0.05, 0) is 6.92 Å². The molecule has 1 atom stereocenters. The third-order valence-electron chi connectivity index (χ3n) is 1.74. The number of ether oxygens (including phenoxy) is 2. The van der Waals surface area contributed by atoms with Crippen LogP contribution in [0.4, 0.5) is 0 Å². The van der Waals surface area contributed by atoms with Crippen molar-refractivity contribution in [2.75, 3.05) is 7.11 Å². The zero-order chi connectivity index (χ0) is 9.78. The fraction of sp³-hybridized carbons (Fsp3) is 0.667. The first-order valence-corrected chi connectivity index (χ1v) is 4.05. The molecule has 1 aliphatic rings. The molecule has 0 aliphatic carbocycles. The molecule has 1 unspecified atom stereocenters. The minimum absolute atomic E-state index is 0.332. The Morgan fingerprint density at radius 3 is 2.17 bits per heavy atom. The van der Waals surface area contributed by atoms with Crippen LogP contribution in [-0.2, 0) is 14.3 Å². The summed E-state index contributed by atoms with van der Waals surface area (Å²) in [6.45, 7) is 7.51. The predicted molar refractivity (Wildman–Crippen MR) is 46.6 cm³/mol. The average molecular weight is 172 g/mol. The van der Waals surface area contributed by atoms with Crippen LogP contribution >= 0.6 is 0 Å². The van der Waals surface area contributed by atoms with Crippen molar-refractivity contribution in [3.05, 3.63) is 11.6 Å². The Morgan fingerprint density at radius 2 is 2.00 bits per heavy atom. The van der Waals surface area contributed by atoms with Gasteiger partial charge >= 0.3 is 5.97 Å². The van der Waals surface area contributed by atoms with Gasteiger partial charge in [0.15, 0.2) is 0 Å². The van der Waals surface area contributed by atoms with Gasteiger partial charge in [-0.25, -0.2) is 4.79 Å². The van der Waals surface area contributed by atoms with Gasteiger partial charge in [-0.1, -0.05) is 13.8 Å². The van der Waals surface area contributed by atoms with Crippen molar-refractivity contribution < 1.29 is 14.3 Å². The summed E-state index contributed by atoms with van der Waals surface area (Å²) in [5.41, 5.74) is 0.806. The summed E-state index contributed by atoms with van der Waals surface area (Å²) in [6.07, 6.45) is 1.43. The molecule has 1 rings (SSSR count). The lowest BCUT2D eigenvalue weighted by atomic mass is 10.1. The van der Waals surface area contributed by atoms with Crippen molar-refractivity contribution in [2.45, 2.75) is 33.5 Å². The molecule has 1 aliphatic heterocycles. The predicted octanol–water partition coefficient (Wildman–Crippen LogP) is 1.88. The molecule has 12 heavy (non-hydrogen) atoms. The highest BCUT2D eigenvalue weighted by Gasteiger charge is 2.35. The van der Waals surface area contributed by atoms with E-state index in [0.717, 1.165) is 5.57 Å². The second kappa shape index (κ2) is 4.26. The van der Waals surface area contributed by atoms with Crippen molar-refractivity contribution >= 4 is 5.97 Å². The molecule has 0 amide bonds. The molecule has 0 radical (unpaired) electrons. The third kappa shape index (κ3) is 2.08. The molecule has 3 nitrogen and oxygen atoms in total. The summed E-state index contributed by atoms with van der Waals surface area (Å²) in [5.74, 6) is -1.15. The van der Waals surface area contributed by atoms with Crippen LogP contribution in [-0.4, -0.2) is 18.9 Å². The van der Waals surface area contributed by atoms with Crippen molar-refractivity contribution in [2.24, 2.45) is 0 Å². The largest absolute Gasteiger partial charge is 0.426 e. The summed E-state index contributed by atoms with van der Waals surface area (Å²) < 4.78 is 9.83. The number of hydrogen-bond donors (Lipinski definition) is 0. The fourth-order valence-electron chi connectivity index (χ4n) is 0.812. The number of esters is 1. The van der Waals surface area contributed by atoms with Crippen LogP contribution in [0.2, 0.25) is 0 Å². The first kappa shape index (κ1) is 11.2. The Labute approximate surface area is 73.4 Å². The molecule has 1 heterocycles. The maximum atomic E-state index is 10.6. The van der Waals surface area contributed by atoms with Gasteiger partial charge < -0.3 is 9.47 Å². The lowest BCUT2D eigenvalue weighted by Crippen LogP contribution is -2.29. The quantitative estimate of drug-likeness (QED) is 0.566. The number of rotatable bonds is 1. The smallest absolute Gasteiger partial charge is 0.333 e. The third-order valence-corrected chi connectivity index (χ3v) is 1.74. The Balaban J connectivity index is 0.000000561. The molecule has 0 fully saturated rings. The zero-order valence-corrected chi connectivity index (χ0v) is 8.30. The van der Waals surface area contributed by atoms with Crippen molar-refractivity contribution in [1.82, 2.24) is 0 Å². The van der Waals surface area contributed by atoms with Gasteiger partial charge in [-0.15, -0.1) is 0 Å². The van der Waals surface area contributed by atoms with Crippen molar-refractivity contribution in [3.63, 3.8) is 0 Å². The monoisotopic (exact) mass is 172 g/mol. The Hall–Kier alpha value is -0.830. The molecule has 3 heteroatoms. The van der Waals surface area contributed by atoms with E-state index in [9.17, 15) is 4.79 Å². The van der Waals surface area contributed by atoms with E-state index in [2.05, 4.69) is 0 Å². The molecule has 0 saturated heterocycles. The van der Waals surface area contributed by atoms with Crippen molar-refractivity contribution in [1.29, 1.82) is 0 Å². The number of carbonyl (C=O) groups excluding carboxylic acids is 1. The highest BCUT2D eigenvalue weighted by atomic mass is 16.7. The summed E-state index contributed by atoms with van der Waals surface area (Å²) in [4.78, 5) is 10.6. The topological polar surface area (TPSA) is 35.5 Å². The van der Waals surface area contributed by atoms with Crippen LogP contribution in [0.15, 0.2) is 11.6 Å². The lowest BCUT2D eigenvalue weighted by molar-refractivity contribution is -0.184. The lowest BCUT2D eigenvalue weighted by Gasteiger charge is -2.22. The van der Waals surface area contributed by atoms with Crippen molar-refractivity contribution in [3.8, 4) is 0 Å². The molecule has 0 spiro atoms. The molecular weight excluding hydrogens is 156 g/mol. The van der Waals surface area contributed by atoms with E-state index in [0.29, 0.717) is 0 Å². The minimum atomic E-state index is -0.822. The van der Waals surface area contributed by atoms with Crippen LogP contribution < -0.4 is 0 Å². The average Bonchev–Trinajstić information content (AvgIpc) is 2.31. The Kier molecular flexibility index (Phi) is 3.96. The first-order valence-electron chi connectivity index (χ1n) is 4.05. The zero-order valence-electron chi connectivity index (χ0n) is 8.30. The van der Waals surface area contributed by atoms with Gasteiger partial charge in [0.05, 0.1) is 0 Å². The second-order valence-corrected chi connectivity index (χ2v) is 2.40. The number of methoxy groups -OCH3 is 1. The molecule has 0 saturated carbocycles. The second-order valence-electron chi connectivity index (χ2n) is 2.40. The van der Waals surface area contributed by atoms with E-state index in [1.807, 2.05) is 13.8 Å². The van der Waals surface area contributed by atoms with Gasteiger partial charge in [0, 0.05) is 25.7 Å². The van der Waals surface area contributed by atoms with E-state index in [1.165, 1.54) is 13.2 Å². The van der Waals surface area contributed by atoms with Gasteiger partial charge in [0.25, 0.3) is 0 Å². The van der Waals surface area contributed by atoms with E-state index < -0.39 is 5.79 Å². The van der Waals surface area contributed by atoms with Crippen LogP contribution in [0.25, 0.3) is 0 Å². The van der Waals surface area contributed by atoms with E-state index in [-0.39, 0.29) is 5.97 Å². The molecule has 0 aromatic heterocycles. The van der Waals surface area contributed by atoms with Crippen LogP contribution in [0.1, 0.15) is 27.7 Å². The highest BCUT2D eigenvalue weighted by molar-refractivity contribution is 5.86. The Bertz CT molecular complexity index is 196. The fourth-order valence-corrected chi connectivity index (χ4v) is 0.812. The van der Waals surface area contributed by atoms with Crippen LogP contribution in [0.5, 0.6) is 0 Å². The Morgan fingerprint density at radius 1 is 1.50 bits per heavy atom. The SMILES string of the molecule is CC.COC1(C)OC(=O)C=C1C. The summed E-state index contributed by atoms with van der Waals surface area (Å²) >= 11 is 0.